The lowest BCUT2D eigenvalue weighted by atomic mass is 10.1. The number of rotatable bonds is 4. The van der Waals surface area contributed by atoms with Gasteiger partial charge in [0.1, 0.15) is 0 Å². The molecule has 0 aliphatic carbocycles. The van der Waals surface area contributed by atoms with Crippen LogP contribution in [0.25, 0.3) is 0 Å². The fourth-order valence-electron chi connectivity index (χ4n) is 2.04. The molecule has 2 aromatic rings. The first-order valence-electron chi connectivity index (χ1n) is 6.88. The molecule has 2 N–H and O–H groups in total. The fraction of sp³-hybridized carbons (Fsp3) is 0.375. The number of aryl methyl sites for hydroxylation is 2. The van der Waals surface area contributed by atoms with Crippen LogP contribution in [0.1, 0.15) is 34.7 Å². The summed E-state index contributed by atoms with van der Waals surface area (Å²) < 4.78 is 1.07. The van der Waals surface area contributed by atoms with Crippen molar-refractivity contribution in [3.8, 4) is 0 Å². The van der Waals surface area contributed by atoms with Gasteiger partial charge in [-0.1, -0.05) is 39.8 Å². The summed E-state index contributed by atoms with van der Waals surface area (Å²) in [6, 6.07) is 8.29. The van der Waals surface area contributed by atoms with Gasteiger partial charge >= 0.3 is 0 Å². The largest absolute Gasteiger partial charge is 0.327 e. The normalized spacial score (nSPS) is 14.0. The van der Waals surface area contributed by atoms with Gasteiger partial charge in [-0.3, -0.25) is 0 Å². The molecule has 21 heavy (non-hydrogen) atoms. The number of benzene rings is 1. The molecule has 1 aromatic heterocycles. The number of aromatic nitrogens is 2. The van der Waals surface area contributed by atoms with Crippen LogP contribution in [0.4, 0.5) is 0 Å². The highest BCUT2D eigenvalue weighted by molar-refractivity contribution is 9.10. The third-order valence-electron chi connectivity index (χ3n) is 3.52. The predicted octanol–water partition coefficient (Wildman–Crippen LogP) is 4.34. The van der Waals surface area contributed by atoms with Gasteiger partial charge in [-0.25, -0.2) is 9.97 Å². The zero-order valence-corrected chi connectivity index (χ0v) is 15.1. The van der Waals surface area contributed by atoms with Crippen LogP contribution in [0, 0.1) is 20.8 Å². The van der Waals surface area contributed by atoms with Gasteiger partial charge in [-0.05, 0) is 51.0 Å². The minimum atomic E-state index is 0.0155. The first-order chi connectivity index (χ1) is 9.88. The summed E-state index contributed by atoms with van der Waals surface area (Å²) in [5, 5.41) is 0.931. The molecule has 0 aliphatic heterocycles. The van der Waals surface area contributed by atoms with Gasteiger partial charge in [0.15, 0.2) is 5.16 Å². The molecule has 0 amide bonds. The molecule has 0 radical (unpaired) electrons. The van der Waals surface area contributed by atoms with Crippen molar-refractivity contribution in [2.24, 2.45) is 5.73 Å². The maximum atomic E-state index is 6.17. The van der Waals surface area contributed by atoms with Crippen molar-refractivity contribution in [3.63, 3.8) is 0 Å². The molecule has 5 heteroatoms. The van der Waals surface area contributed by atoms with Crippen LogP contribution in [0.2, 0.25) is 0 Å². The average Bonchev–Trinajstić information content (AvgIpc) is 2.43. The van der Waals surface area contributed by atoms with Crippen molar-refractivity contribution < 1.29 is 0 Å². The standard InChI is InChI=1S/C16H20BrN3S/c1-9-11(3)19-16(20-12(9)4)21-15(10(2)18)13-5-7-14(17)8-6-13/h5-8,10,15H,18H2,1-4H3. The van der Waals surface area contributed by atoms with Gasteiger partial charge in [-0.15, -0.1) is 0 Å². The molecule has 1 heterocycles. The third kappa shape index (κ3) is 4.05. The summed E-state index contributed by atoms with van der Waals surface area (Å²) >= 11 is 5.09. The zero-order chi connectivity index (χ0) is 15.6. The maximum Gasteiger partial charge on any atom is 0.188 e. The van der Waals surface area contributed by atoms with Gasteiger partial charge < -0.3 is 5.73 Å². The van der Waals surface area contributed by atoms with Crippen LogP contribution in [0.5, 0.6) is 0 Å². The third-order valence-corrected chi connectivity index (χ3v) is 5.40. The summed E-state index contributed by atoms with van der Waals surface area (Å²) in [5.74, 6) is 0. The Labute approximate surface area is 138 Å². The number of nitrogens with two attached hydrogens (primary N) is 1. The quantitative estimate of drug-likeness (QED) is 0.646. The Morgan fingerprint density at radius 2 is 1.57 bits per heavy atom. The lowest BCUT2D eigenvalue weighted by Gasteiger charge is -2.20. The van der Waals surface area contributed by atoms with Crippen molar-refractivity contribution in [3.05, 3.63) is 51.3 Å². The lowest BCUT2D eigenvalue weighted by Crippen LogP contribution is -2.23. The molecule has 2 rings (SSSR count). The Hall–Kier alpha value is -0.910. The molecule has 1 aromatic carbocycles. The van der Waals surface area contributed by atoms with E-state index in [4.69, 9.17) is 5.73 Å². The van der Waals surface area contributed by atoms with E-state index in [0.29, 0.717) is 0 Å². The van der Waals surface area contributed by atoms with E-state index in [9.17, 15) is 0 Å². The summed E-state index contributed by atoms with van der Waals surface area (Å²) in [6.45, 7) is 8.12. The molecule has 112 valence electrons. The highest BCUT2D eigenvalue weighted by atomic mass is 79.9. The Bertz CT molecular complexity index is 603. The van der Waals surface area contributed by atoms with Gasteiger partial charge in [-0.2, -0.15) is 0 Å². The molecule has 0 bridgehead atoms. The number of halogens is 1. The summed E-state index contributed by atoms with van der Waals surface area (Å²) in [6.07, 6.45) is 0. The van der Waals surface area contributed by atoms with Crippen molar-refractivity contribution in [1.29, 1.82) is 0 Å². The molecule has 0 fully saturated rings. The van der Waals surface area contributed by atoms with Crippen LogP contribution in [-0.4, -0.2) is 16.0 Å². The van der Waals surface area contributed by atoms with Gasteiger partial charge in [0.25, 0.3) is 0 Å². The monoisotopic (exact) mass is 365 g/mol. The second-order valence-corrected chi connectivity index (χ2v) is 7.28. The van der Waals surface area contributed by atoms with E-state index in [0.717, 1.165) is 26.6 Å². The Morgan fingerprint density at radius 1 is 1.05 bits per heavy atom. The van der Waals surface area contributed by atoms with E-state index < -0.39 is 0 Å². The Morgan fingerprint density at radius 3 is 2.05 bits per heavy atom. The van der Waals surface area contributed by atoms with E-state index >= 15 is 0 Å². The molecule has 2 unspecified atom stereocenters. The smallest absolute Gasteiger partial charge is 0.188 e. The molecule has 0 aliphatic rings. The summed E-state index contributed by atoms with van der Waals surface area (Å²) in [7, 11) is 0. The summed E-state index contributed by atoms with van der Waals surface area (Å²) in [4.78, 5) is 9.17. The Balaban J connectivity index is 2.30. The van der Waals surface area contributed by atoms with E-state index in [2.05, 4.69) is 45.0 Å². The maximum absolute atomic E-state index is 6.17. The molecule has 3 nitrogen and oxygen atoms in total. The van der Waals surface area contributed by atoms with Crippen molar-refractivity contribution in [2.45, 2.75) is 44.1 Å². The highest BCUT2D eigenvalue weighted by Crippen LogP contribution is 2.36. The van der Waals surface area contributed by atoms with Gasteiger partial charge in [0, 0.05) is 21.9 Å². The van der Waals surface area contributed by atoms with Gasteiger partial charge in [0.05, 0.1) is 5.25 Å². The van der Waals surface area contributed by atoms with Crippen LogP contribution in [0.3, 0.4) is 0 Å². The molecule has 0 saturated heterocycles. The van der Waals surface area contributed by atoms with Gasteiger partial charge in [0.2, 0.25) is 0 Å². The highest BCUT2D eigenvalue weighted by Gasteiger charge is 2.20. The van der Waals surface area contributed by atoms with E-state index in [1.54, 1.807) is 11.8 Å². The van der Waals surface area contributed by atoms with Crippen LogP contribution >= 0.6 is 27.7 Å². The second-order valence-electron chi connectivity index (χ2n) is 5.25. The van der Waals surface area contributed by atoms with Crippen molar-refractivity contribution in [2.75, 3.05) is 0 Å². The first kappa shape index (κ1) is 16.5. The Kier molecular flexibility index (Phi) is 5.41. The fourth-order valence-corrected chi connectivity index (χ4v) is 3.42. The van der Waals surface area contributed by atoms with E-state index in [1.807, 2.05) is 32.9 Å². The zero-order valence-electron chi connectivity index (χ0n) is 12.7. The lowest BCUT2D eigenvalue weighted by molar-refractivity contribution is 0.716. The molecule has 2 atom stereocenters. The van der Waals surface area contributed by atoms with Crippen LogP contribution in [0.15, 0.2) is 33.9 Å². The number of hydrogen-bond donors (Lipinski definition) is 1. The van der Waals surface area contributed by atoms with Crippen molar-refractivity contribution >= 4 is 27.7 Å². The number of nitrogens with zero attached hydrogens (tertiary/aromatic N) is 2. The average molecular weight is 366 g/mol. The van der Waals surface area contributed by atoms with Crippen LogP contribution in [-0.2, 0) is 0 Å². The molecular weight excluding hydrogens is 346 g/mol. The van der Waals surface area contributed by atoms with Crippen LogP contribution < -0.4 is 5.73 Å². The molecular formula is C16H20BrN3S. The van der Waals surface area contributed by atoms with E-state index in [-0.39, 0.29) is 11.3 Å². The van der Waals surface area contributed by atoms with Crippen molar-refractivity contribution in [1.82, 2.24) is 9.97 Å². The topological polar surface area (TPSA) is 51.8 Å². The molecule has 0 spiro atoms. The number of thioether (sulfide) groups is 1. The SMILES string of the molecule is Cc1nc(SC(c2ccc(Br)cc2)C(C)N)nc(C)c1C. The minimum absolute atomic E-state index is 0.0155. The predicted molar refractivity (Wildman–Crippen MR) is 92.6 cm³/mol. The second kappa shape index (κ2) is 6.90. The van der Waals surface area contributed by atoms with E-state index in [1.165, 1.54) is 5.56 Å². The summed E-state index contributed by atoms with van der Waals surface area (Å²) in [5.41, 5.74) is 10.6. The minimum Gasteiger partial charge on any atom is -0.327 e. The first-order valence-corrected chi connectivity index (χ1v) is 8.55. The molecule has 0 saturated carbocycles. The number of hydrogen-bond acceptors (Lipinski definition) is 4.